The van der Waals surface area contributed by atoms with Gasteiger partial charge in [-0.05, 0) is 6.42 Å². The highest BCUT2D eigenvalue weighted by Crippen LogP contribution is 2.24. The molecule has 0 aromatic carbocycles. The largest absolute Gasteiger partial charge is 0.364 e. The van der Waals surface area contributed by atoms with E-state index in [1.165, 1.54) is 0 Å². The number of aromatic nitrogens is 1. The molecule has 0 amide bonds. The summed E-state index contributed by atoms with van der Waals surface area (Å²) in [4.78, 5) is 0. The van der Waals surface area contributed by atoms with Crippen LogP contribution < -0.4 is 0 Å². The van der Waals surface area contributed by atoms with Crippen LogP contribution in [0.2, 0.25) is 0 Å². The van der Waals surface area contributed by atoms with E-state index in [2.05, 4.69) is 25.9 Å². The summed E-state index contributed by atoms with van der Waals surface area (Å²) in [5.41, 5.74) is 1.20. The zero-order valence-corrected chi connectivity index (χ0v) is 6.72. The topological polar surface area (TPSA) is 26.0 Å². The first kappa shape index (κ1) is 7.32. The van der Waals surface area contributed by atoms with Crippen LogP contribution in [0.25, 0.3) is 0 Å². The quantitative estimate of drug-likeness (QED) is 0.628. The molecule has 1 heterocycles. The average molecular weight is 139 g/mol. The van der Waals surface area contributed by atoms with Gasteiger partial charge in [0.05, 0.1) is 5.69 Å². The molecular formula is C8H13NO. The van der Waals surface area contributed by atoms with E-state index in [4.69, 9.17) is 4.52 Å². The Morgan fingerprint density at radius 2 is 2.30 bits per heavy atom. The van der Waals surface area contributed by atoms with Crippen molar-refractivity contribution in [2.24, 2.45) is 0 Å². The normalized spacial score (nSPS) is 11.9. The highest BCUT2D eigenvalue weighted by Gasteiger charge is 2.20. The molecule has 0 aliphatic heterocycles. The molecule has 0 spiro atoms. The lowest BCUT2D eigenvalue weighted by atomic mass is 9.87. The van der Waals surface area contributed by atoms with E-state index < -0.39 is 0 Å². The Morgan fingerprint density at radius 1 is 1.60 bits per heavy atom. The second-order valence-corrected chi connectivity index (χ2v) is 3.12. The van der Waals surface area contributed by atoms with E-state index in [0.29, 0.717) is 0 Å². The van der Waals surface area contributed by atoms with Crippen LogP contribution >= 0.6 is 0 Å². The van der Waals surface area contributed by atoms with Crippen LogP contribution in [0, 0.1) is 0 Å². The van der Waals surface area contributed by atoms with Crippen molar-refractivity contribution in [1.82, 2.24) is 5.16 Å². The molecule has 2 nitrogen and oxygen atoms in total. The Kier molecular flexibility index (Phi) is 1.79. The maximum atomic E-state index is 4.75. The summed E-state index contributed by atoms with van der Waals surface area (Å²) in [5.74, 6) is 0. The zero-order chi connectivity index (χ0) is 7.61. The maximum Gasteiger partial charge on any atom is 0.124 e. The SMILES string of the molecule is CCC(C)(C)c1ccon1. The van der Waals surface area contributed by atoms with E-state index in [-0.39, 0.29) is 5.41 Å². The number of nitrogens with zero attached hydrogens (tertiary/aromatic N) is 1. The molecule has 10 heavy (non-hydrogen) atoms. The van der Waals surface area contributed by atoms with Gasteiger partial charge in [0.25, 0.3) is 0 Å². The fourth-order valence-electron chi connectivity index (χ4n) is 0.743. The van der Waals surface area contributed by atoms with Crippen LogP contribution in [-0.2, 0) is 5.41 Å². The third kappa shape index (κ3) is 1.20. The first-order valence-corrected chi connectivity index (χ1v) is 3.57. The minimum atomic E-state index is 0.160. The summed E-state index contributed by atoms with van der Waals surface area (Å²) in [6, 6.07) is 1.92. The lowest BCUT2D eigenvalue weighted by molar-refractivity contribution is 0.381. The molecule has 0 fully saturated rings. The molecule has 2 heteroatoms. The monoisotopic (exact) mass is 139 g/mol. The minimum absolute atomic E-state index is 0.160. The van der Waals surface area contributed by atoms with Crippen molar-refractivity contribution in [3.63, 3.8) is 0 Å². The lowest BCUT2D eigenvalue weighted by Crippen LogP contribution is -2.15. The van der Waals surface area contributed by atoms with Gasteiger partial charge in [0.1, 0.15) is 6.26 Å². The van der Waals surface area contributed by atoms with E-state index in [1.54, 1.807) is 6.26 Å². The summed E-state index contributed by atoms with van der Waals surface area (Å²) >= 11 is 0. The first-order chi connectivity index (χ1) is 4.67. The summed E-state index contributed by atoms with van der Waals surface area (Å²) in [6.45, 7) is 6.46. The second-order valence-electron chi connectivity index (χ2n) is 3.12. The highest BCUT2D eigenvalue weighted by atomic mass is 16.5. The molecule has 0 radical (unpaired) electrons. The van der Waals surface area contributed by atoms with Gasteiger partial charge in [-0.1, -0.05) is 25.9 Å². The fourth-order valence-corrected chi connectivity index (χ4v) is 0.743. The van der Waals surface area contributed by atoms with Crippen LogP contribution in [0.1, 0.15) is 32.9 Å². The van der Waals surface area contributed by atoms with Crippen LogP contribution in [0.5, 0.6) is 0 Å². The molecule has 0 aliphatic carbocycles. The number of hydrogen-bond donors (Lipinski definition) is 0. The fraction of sp³-hybridized carbons (Fsp3) is 0.625. The van der Waals surface area contributed by atoms with Crippen LogP contribution in [0.3, 0.4) is 0 Å². The Bertz CT molecular complexity index is 189. The van der Waals surface area contributed by atoms with Crippen LogP contribution in [0.4, 0.5) is 0 Å². The van der Waals surface area contributed by atoms with Crippen molar-refractivity contribution in [3.05, 3.63) is 18.0 Å². The highest BCUT2D eigenvalue weighted by molar-refractivity contribution is 5.09. The summed E-state index contributed by atoms with van der Waals surface area (Å²) in [5, 5.41) is 3.88. The van der Waals surface area contributed by atoms with Gasteiger partial charge in [-0.3, -0.25) is 0 Å². The second kappa shape index (κ2) is 2.45. The molecule has 0 atom stereocenters. The molecule has 0 saturated carbocycles. The van der Waals surface area contributed by atoms with Gasteiger partial charge in [0, 0.05) is 11.5 Å². The third-order valence-electron chi connectivity index (χ3n) is 2.02. The Balaban J connectivity index is 2.85. The average Bonchev–Trinajstić information content (AvgIpc) is 2.38. The molecule has 0 bridgehead atoms. The van der Waals surface area contributed by atoms with E-state index in [0.717, 1.165) is 12.1 Å². The van der Waals surface area contributed by atoms with E-state index in [1.807, 2.05) is 6.07 Å². The van der Waals surface area contributed by atoms with Crippen LogP contribution in [0.15, 0.2) is 16.9 Å². The van der Waals surface area contributed by atoms with Gasteiger partial charge in [-0.15, -0.1) is 0 Å². The molecule has 56 valence electrons. The summed E-state index contributed by atoms with van der Waals surface area (Å²) in [6.07, 6.45) is 2.70. The predicted molar refractivity (Wildman–Crippen MR) is 39.8 cm³/mol. The molecule has 0 saturated heterocycles. The van der Waals surface area contributed by atoms with E-state index >= 15 is 0 Å². The van der Waals surface area contributed by atoms with Gasteiger partial charge < -0.3 is 4.52 Å². The molecule has 1 rings (SSSR count). The standard InChI is InChI=1S/C8H13NO/c1-4-8(2,3)7-5-6-10-9-7/h5-6H,4H2,1-3H3. The Labute approximate surface area is 61.2 Å². The molecular weight excluding hydrogens is 126 g/mol. The summed E-state index contributed by atoms with van der Waals surface area (Å²) < 4.78 is 4.75. The predicted octanol–water partition coefficient (Wildman–Crippen LogP) is 2.36. The van der Waals surface area contributed by atoms with Crippen molar-refractivity contribution in [2.75, 3.05) is 0 Å². The smallest absolute Gasteiger partial charge is 0.124 e. The van der Waals surface area contributed by atoms with E-state index in [9.17, 15) is 0 Å². The first-order valence-electron chi connectivity index (χ1n) is 3.57. The van der Waals surface area contributed by atoms with Gasteiger partial charge in [0.2, 0.25) is 0 Å². The molecule has 0 unspecified atom stereocenters. The van der Waals surface area contributed by atoms with Crippen molar-refractivity contribution in [2.45, 2.75) is 32.6 Å². The van der Waals surface area contributed by atoms with Gasteiger partial charge in [-0.25, -0.2) is 0 Å². The number of rotatable bonds is 2. The van der Waals surface area contributed by atoms with Crippen LogP contribution in [-0.4, -0.2) is 5.16 Å². The van der Waals surface area contributed by atoms with Crippen molar-refractivity contribution in [1.29, 1.82) is 0 Å². The zero-order valence-electron chi connectivity index (χ0n) is 6.72. The van der Waals surface area contributed by atoms with Crippen molar-refractivity contribution >= 4 is 0 Å². The number of hydrogen-bond acceptors (Lipinski definition) is 2. The van der Waals surface area contributed by atoms with Crippen molar-refractivity contribution in [3.8, 4) is 0 Å². The molecule has 0 aliphatic rings. The molecule has 1 aromatic rings. The maximum absolute atomic E-state index is 4.75. The third-order valence-corrected chi connectivity index (χ3v) is 2.02. The summed E-state index contributed by atoms with van der Waals surface area (Å²) in [7, 11) is 0. The molecule has 0 N–H and O–H groups in total. The lowest BCUT2D eigenvalue weighted by Gasteiger charge is -2.17. The van der Waals surface area contributed by atoms with Crippen molar-refractivity contribution < 1.29 is 4.52 Å². The Morgan fingerprint density at radius 3 is 2.70 bits per heavy atom. The van der Waals surface area contributed by atoms with Gasteiger partial charge in [-0.2, -0.15) is 0 Å². The Hall–Kier alpha value is -0.790. The molecule has 1 aromatic heterocycles. The van der Waals surface area contributed by atoms with Gasteiger partial charge in [0.15, 0.2) is 0 Å². The minimum Gasteiger partial charge on any atom is -0.364 e. The van der Waals surface area contributed by atoms with Gasteiger partial charge >= 0.3 is 0 Å².